The first-order valence-electron chi connectivity index (χ1n) is 10.4. The molecule has 4 aromatic rings. The number of ether oxygens (including phenoxy) is 2. The van der Waals surface area contributed by atoms with Crippen LogP contribution < -0.4 is 15.0 Å². The van der Waals surface area contributed by atoms with Crippen molar-refractivity contribution in [2.75, 3.05) is 7.11 Å². The summed E-state index contributed by atoms with van der Waals surface area (Å²) >= 11 is 6.23. The third-order valence-electron chi connectivity index (χ3n) is 5.02. The summed E-state index contributed by atoms with van der Waals surface area (Å²) in [6.07, 6.45) is -3.32. The Hall–Kier alpha value is -4.18. The molecule has 0 spiro atoms. The van der Waals surface area contributed by atoms with Crippen molar-refractivity contribution in [1.82, 2.24) is 9.66 Å². The second-order valence-electron chi connectivity index (χ2n) is 7.52. The van der Waals surface area contributed by atoms with Crippen LogP contribution in [0.25, 0.3) is 22.3 Å². The van der Waals surface area contributed by atoms with Crippen LogP contribution in [0, 0.1) is 0 Å². The third-order valence-corrected chi connectivity index (χ3v) is 5.30. The Morgan fingerprint density at radius 3 is 2.56 bits per heavy atom. The molecule has 0 unspecified atom stereocenters. The van der Waals surface area contributed by atoms with Gasteiger partial charge in [-0.15, -0.1) is 0 Å². The van der Waals surface area contributed by atoms with Gasteiger partial charge >= 0.3 is 12.1 Å². The van der Waals surface area contributed by atoms with Gasteiger partial charge in [-0.05, 0) is 42.0 Å². The molecular formula is C25H17ClF3N3O4. The molecule has 0 atom stereocenters. The molecule has 1 heterocycles. The number of hydrogen-bond donors (Lipinski definition) is 0. The number of halogens is 4. The largest absolute Gasteiger partial charge is 0.493 e. The van der Waals surface area contributed by atoms with E-state index in [1.165, 1.54) is 44.5 Å². The molecule has 1 aromatic heterocycles. The highest BCUT2D eigenvalue weighted by molar-refractivity contribution is 6.32. The molecule has 0 saturated carbocycles. The predicted octanol–water partition coefficient (Wildman–Crippen LogP) is 5.55. The summed E-state index contributed by atoms with van der Waals surface area (Å²) in [4.78, 5) is 29.0. The molecule has 0 fully saturated rings. The summed E-state index contributed by atoms with van der Waals surface area (Å²) in [5.74, 6) is -0.536. The SMILES string of the molecule is COc1cc(C=Nn2c(-c3cccc(C(F)(F)F)c3)nc3ccccc3c2=O)cc(Cl)c1OC(C)=O. The van der Waals surface area contributed by atoms with Gasteiger partial charge in [-0.2, -0.15) is 22.9 Å². The Kier molecular flexibility index (Phi) is 6.80. The summed E-state index contributed by atoms with van der Waals surface area (Å²) in [5.41, 5.74) is -0.764. The van der Waals surface area contributed by atoms with Crippen molar-refractivity contribution < 1.29 is 27.4 Å². The van der Waals surface area contributed by atoms with Crippen LogP contribution >= 0.6 is 11.6 Å². The lowest BCUT2D eigenvalue weighted by molar-refractivity contribution is -0.137. The summed E-state index contributed by atoms with van der Waals surface area (Å²) in [6, 6.07) is 13.8. The van der Waals surface area contributed by atoms with Crippen LogP contribution in [0.5, 0.6) is 11.5 Å². The van der Waals surface area contributed by atoms with E-state index in [4.69, 9.17) is 21.1 Å². The molecule has 0 bridgehead atoms. The second-order valence-corrected chi connectivity index (χ2v) is 7.93. The fraction of sp³-hybridized carbons (Fsp3) is 0.120. The van der Waals surface area contributed by atoms with Gasteiger partial charge in [-0.25, -0.2) is 4.98 Å². The lowest BCUT2D eigenvalue weighted by Crippen LogP contribution is -2.20. The summed E-state index contributed by atoms with van der Waals surface area (Å²) < 4.78 is 51.2. The van der Waals surface area contributed by atoms with Gasteiger partial charge in [0.1, 0.15) is 0 Å². The Morgan fingerprint density at radius 1 is 1.11 bits per heavy atom. The number of esters is 1. The zero-order valence-corrected chi connectivity index (χ0v) is 19.6. The average Bonchev–Trinajstić information content (AvgIpc) is 2.84. The minimum absolute atomic E-state index is 0.0120. The second kappa shape index (κ2) is 9.82. The number of para-hydroxylation sites is 1. The summed E-state index contributed by atoms with van der Waals surface area (Å²) in [5, 5.41) is 4.49. The van der Waals surface area contributed by atoms with Crippen LogP contribution in [0.15, 0.2) is 70.6 Å². The smallest absolute Gasteiger partial charge is 0.416 e. The van der Waals surface area contributed by atoms with Gasteiger partial charge in [-0.1, -0.05) is 35.9 Å². The van der Waals surface area contributed by atoms with Crippen molar-refractivity contribution in [2.24, 2.45) is 5.10 Å². The van der Waals surface area contributed by atoms with Crippen molar-refractivity contribution in [3.63, 3.8) is 0 Å². The van der Waals surface area contributed by atoms with E-state index in [0.29, 0.717) is 11.1 Å². The van der Waals surface area contributed by atoms with E-state index in [1.54, 1.807) is 24.3 Å². The van der Waals surface area contributed by atoms with Gasteiger partial charge in [0.05, 0.1) is 34.8 Å². The number of benzene rings is 3. The molecule has 3 aromatic carbocycles. The first-order valence-corrected chi connectivity index (χ1v) is 10.8. The first-order chi connectivity index (χ1) is 17.1. The molecule has 0 aliphatic carbocycles. The van der Waals surface area contributed by atoms with Gasteiger partial charge in [0.25, 0.3) is 5.56 Å². The van der Waals surface area contributed by atoms with Gasteiger partial charge < -0.3 is 9.47 Å². The predicted molar refractivity (Wildman–Crippen MR) is 129 cm³/mol. The molecule has 0 aliphatic heterocycles. The van der Waals surface area contributed by atoms with Crippen molar-refractivity contribution >= 4 is 34.7 Å². The number of alkyl halides is 3. The number of nitrogens with zero attached hydrogens (tertiary/aromatic N) is 3. The standard InChI is InChI=1S/C25H17ClF3N3O4/c1-14(33)36-22-19(26)10-15(11-21(22)35-2)13-30-32-23(16-6-5-7-17(12-16)25(27,28)29)31-20-9-4-3-8-18(20)24(32)34/h3-13H,1-2H3. The van der Waals surface area contributed by atoms with Crippen molar-refractivity contribution in [2.45, 2.75) is 13.1 Å². The van der Waals surface area contributed by atoms with Crippen LogP contribution in [0.2, 0.25) is 5.02 Å². The number of fused-ring (bicyclic) bond motifs is 1. The molecule has 0 amide bonds. The third kappa shape index (κ3) is 5.08. The van der Waals surface area contributed by atoms with E-state index in [1.807, 2.05) is 0 Å². The Morgan fingerprint density at radius 2 is 1.86 bits per heavy atom. The Bertz CT molecular complexity index is 1560. The maximum atomic E-state index is 13.3. The first kappa shape index (κ1) is 24.9. The Balaban J connectivity index is 1.89. The molecule has 11 heteroatoms. The van der Waals surface area contributed by atoms with Crippen molar-refractivity contribution in [1.29, 1.82) is 0 Å². The fourth-order valence-corrected chi connectivity index (χ4v) is 3.69. The fourth-order valence-electron chi connectivity index (χ4n) is 3.43. The minimum Gasteiger partial charge on any atom is -0.493 e. The summed E-state index contributed by atoms with van der Waals surface area (Å²) in [6.45, 7) is 1.21. The monoisotopic (exact) mass is 515 g/mol. The number of hydrogen-bond acceptors (Lipinski definition) is 6. The molecule has 0 N–H and O–H groups in total. The molecule has 0 aliphatic rings. The normalized spacial score (nSPS) is 11.7. The van der Waals surface area contributed by atoms with Crippen LogP contribution in [0.4, 0.5) is 13.2 Å². The highest BCUT2D eigenvalue weighted by Crippen LogP contribution is 2.36. The van der Waals surface area contributed by atoms with Gasteiger partial charge in [0.15, 0.2) is 17.3 Å². The van der Waals surface area contributed by atoms with Crippen molar-refractivity contribution in [3.8, 4) is 22.9 Å². The Labute approximate surface area is 207 Å². The van der Waals surface area contributed by atoms with Gasteiger partial charge in [0.2, 0.25) is 0 Å². The van der Waals surface area contributed by atoms with Crippen LogP contribution in [0.3, 0.4) is 0 Å². The maximum Gasteiger partial charge on any atom is 0.416 e. The minimum atomic E-state index is -4.59. The quantitative estimate of drug-likeness (QED) is 0.198. The highest BCUT2D eigenvalue weighted by Gasteiger charge is 2.31. The van der Waals surface area contributed by atoms with Crippen LogP contribution in [-0.4, -0.2) is 29.0 Å². The lowest BCUT2D eigenvalue weighted by atomic mass is 10.1. The zero-order chi connectivity index (χ0) is 26.0. The highest BCUT2D eigenvalue weighted by atomic mass is 35.5. The van der Waals surface area contributed by atoms with Crippen LogP contribution in [-0.2, 0) is 11.0 Å². The molecule has 184 valence electrons. The molecule has 7 nitrogen and oxygen atoms in total. The van der Waals surface area contributed by atoms with E-state index >= 15 is 0 Å². The van der Waals surface area contributed by atoms with Crippen LogP contribution in [0.1, 0.15) is 18.1 Å². The molecule has 0 radical (unpaired) electrons. The topological polar surface area (TPSA) is 82.8 Å². The maximum absolute atomic E-state index is 13.3. The van der Waals surface area contributed by atoms with Gasteiger partial charge in [-0.3, -0.25) is 9.59 Å². The zero-order valence-electron chi connectivity index (χ0n) is 18.8. The average molecular weight is 516 g/mol. The molecule has 4 rings (SSSR count). The molecule has 36 heavy (non-hydrogen) atoms. The van der Waals surface area contributed by atoms with E-state index in [-0.39, 0.29) is 33.3 Å². The summed E-state index contributed by atoms with van der Waals surface area (Å²) in [7, 11) is 1.35. The molecular weight excluding hydrogens is 499 g/mol. The van der Waals surface area contributed by atoms with E-state index < -0.39 is 23.3 Å². The van der Waals surface area contributed by atoms with E-state index in [9.17, 15) is 22.8 Å². The molecule has 0 saturated heterocycles. The van der Waals surface area contributed by atoms with Gasteiger partial charge in [0, 0.05) is 12.5 Å². The number of methoxy groups -OCH3 is 1. The number of rotatable bonds is 5. The van der Waals surface area contributed by atoms with E-state index in [0.717, 1.165) is 16.8 Å². The van der Waals surface area contributed by atoms with E-state index in [2.05, 4.69) is 10.1 Å². The lowest BCUT2D eigenvalue weighted by Gasteiger charge is -2.12. The van der Waals surface area contributed by atoms with Crippen molar-refractivity contribution in [3.05, 3.63) is 87.2 Å². The number of carbonyl (C=O) groups excluding carboxylic acids is 1. The number of aromatic nitrogens is 2. The number of carbonyl (C=O) groups is 1.